The molecule has 0 aliphatic rings. The van der Waals surface area contributed by atoms with Crippen molar-refractivity contribution in [2.45, 2.75) is 13.5 Å². The van der Waals surface area contributed by atoms with Crippen LogP contribution in [0.1, 0.15) is 11.1 Å². The van der Waals surface area contributed by atoms with Gasteiger partial charge in [-0.15, -0.1) is 0 Å². The first-order valence-electron chi connectivity index (χ1n) is 3.21. The summed E-state index contributed by atoms with van der Waals surface area (Å²) in [6, 6.07) is 3.34. The van der Waals surface area contributed by atoms with Crippen LogP contribution in [0.2, 0.25) is 0 Å². The van der Waals surface area contributed by atoms with Gasteiger partial charge >= 0.3 is 0 Å². The van der Waals surface area contributed by atoms with E-state index in [1.807, 2.05) is 0 Å². The minimum atomic E-state index is -0.368. The van der Waals surface area contributed by atoms with Crippen LogP contribution in [-0.4, -0.2) is 5.11 Å². The molecular formula is C8H8BrFO. The number of hydrogen-bond acceptors (Lipinski definition) is 1. The van der Waals surface area contributed by atoms with Gasteiger partial charge in [0.1, 0.15) is 5.82 Å². The van der Waals surface area contributed by atoms with Crippen LogP contribution in [-0.2, 0) is 6.61 Å². The zero-order valence-corrected chi connectivity index (χ0v) is 7.65. The van der Waals surface area contributed by atoms with E-state index in [0.717, 1.165) is 5.56 Å². The largest absolute Gasteiger partial charge is 0.392 e. The highest BCUT2D eigenvalue weighted by Gasteiger charge is 2.06. The summed E-state index contributed by atoms with van der Waals surface area (Å²) in [6.45, 7) is 1.54. The van der Waals surface area contributed by atoms with Crippen molar-refractivity contribution in [1.82, 2.24) is 0 Å². The summed E-state index contributed by atoms with van der Waals surface area (Å²) in [5, 5.41) is 8.67. The molecule has 0 heterocycles. The molecule has 60 valence electrons. The average Bonchev–Trinajstić information content (AvgIpc) is 2.01. The Hall–Kier alpha value is -0.410. The fraction of sp³-hybridized carbons (Fsp3) is 0.250. The van der Waals surface area contributed by atoms with E-state index < -0.39 is 0 Å². The zero-order valence-electron chi connectivity index (χ0n) is 6.06. The van der Waals surface area contributed by atoms with Crippen LogP contribution in [0.25, 0.3) is 0 Å². The Labute approximate surface area is 73.0 Å². The maximum absolute atomic E-state index is 13.1. The molecule has 0 bridgehead atoms. The smallest absolute Gasteiger partial charge is 0.143 e. The molecule has 3 heteroatoms. The fourth-order valence-electron chi connectivity index (χ4n) is 0.808. The van der Waals surface area contributed by atoms with Crippen molar-refractivity contribution < 1.29 is 9.50 Å². The van der Waals surface area contributed by atoms with Crippen LogP contribution in [0.15, 0.2) is 16.6 Å². The highest BCUT2D eigenvalue weighted by molar-refractivity contribution is 9.10. The van der Waals surface area contributed by atoms with Crippen molar-refractivity contribution >= 4 is 15.9 Å². The van der Waals surface area contributed by atoms with Crippen molar-refractivity contribution in [2.24, 2.45) is 0 Å². The van der Waals surface area contributed by atoms with Crippen molar-refractivity contribution in [1.29, 1.82) is 0 Å². The molecule has 1 aromatic carbocycles. The SMILES string of the molecule is Cc1ccc(CO)c(F)c1Br. The van der Waals surface area contributed by atoms with Crippen LogP contribution in [0.5, 0.6) is 0 Å². The summed E-state index contributed by atoms with van der Waals surface area (Å²) in [5.41, 5.74) is 1.15. The Morgan fingerprint density at radius 3 is 2.73 bits per heavy atom. The third-order valence-corrected chi connectivity index (χ3v) is 2.50. The molecule has 0 aliphatic heterocycles. The quantitative estimate of drug-likeness (QED) is 0.768. The molecule has 0 radical (unpaired) electrons. The van der Waals surface area contributed by atoms with E-state index in [9.17, 15) is 4.39 Å². The molecule has 1 nitrogen and oxygen atoms in total. The second-order valence-electron chi connectivity index (χ2n) is 2.33. The molecule has 0 fully saturated rings. The summed E-state index contributed by atoms with van der Waals surface area (Å²) in [6.07, 6.45) is 0. The molecule has 0 saturated heterocycles. The van der Waals surface area contributed by atoms with Gasteiger partial charge in [-0.05, 0) is 28.4 Å². The van der Waals surface area contributed by atoms with E-state index in [1.165, 1.54) is 0 Å². The van der Waals surface area contributed by atoms with Gasteiger partial charge in [0.05, 0.1) is 11.1 Å². The number of halogens is 2. The number of aliphatic hydroxyl groups excluding tert-OH is 1. The topological polar surface area (TPSA) is 20.2 Å². The van der Waals surface area contributed by atoms with Gasteiger partial charge in [0.15, 0.2) is 0 Å². The zero-order chi connectivity index (χ0) is 8.43. The maximum Gasteiger partial charge on any atom is 0.143 e. The van der Waals surface area contributed by atoms with E-state index in [1.54, 1.807) is 19.1 Å². The third kappa shape index (κ3) is 1.60. The van der Waals surface area contributed by atoms with E-state index >= 15 is 0 Å². The monoisotopic (exact) mass is 218 g/mol. The molecule has 1 rings (SSSR count). The molecule has 0 spiro atoms. The summed E-state index contributed by atoms with van der Waals surface area (Å²) >= 11 is 3.08. The van der Waals surface area contributed by atoms with Gasteiger partial charge in [0, 0.05) is 5.56 Å². The van der Waals surface area contributed by atoms with E-state index in [0.29, 0.717) is 10.0 Å². The predicted molar refractivity (Wildman–Crippen MR) is 44.8 cm³/mol. The number of rotatable bonds is 1. The molecule has 0 amide bonds. The van der Waals surface area contributed by atoms with E-state index in [2.05, 4.69) is 15.9 Å². The van der Waals surface area contributed by atoms with E-state index in [-0.39, 0.29) is 12.4 Å². The Morgan fingerprint density at radius 2 is 2.18 bits per heavy atom. The highest BCUT2D eigenvalue weighted by atomic mass is 79.9. The predicted octanol–water partition coefficient (Wildman–Crippen LogP) is 2.39. The molecule has 1 N–H and O–H groups in total. The number of aliphatic hydroxyl groups is 1. The van der Waals surface area contributed by atoms with Crippen LogP contribution in [0.3, 0.4) is 0 Å². The second-order valence-corrected chi connectivity index (χ2v) is 3.12. The molecule has 0 aliphatic carbocycles. The summed E-state index contributed by atoms with van der Waals surface area (Å²) in [5.74, 6) is -0.368. The lowest BCUT2D eigenvalue weighted by atomic mass is 10.1. The van der Waals surface area contributed by atoms with Crippen LogP contribution in [0.4, 0.5) is 4.39 Å². The number of benzene rings is 1. The fourth-order valence-corrected chi connectivity index (χ4v) is 1.19. The van der Waals surface area contributed by atoms with Crippen molar-refractivity contribution in [3.63, 3.8) is 0 Å². The number of hydrogen-bond donors (Lipinski definition) is 1. The highest BCUT2D eigenvalue weighted by Crippen LogP contribution is 2.22. The standard InChI is InChI=1S/C8H8BrFO/c1-5-2-3-6(4-11)8(10)7(5)9/h2-3,11H,4H2,1H3. The van der Waals surface area contributed by atoms with Gasteiger partial charge in [-0.3, -0.25) is 0 Å². The molecule has 0 atom stereocenters. The van der Waals surface area contributed by atoms with Gasteiger partial charge in [0.25, 0.3) is 0 Å². The normalized spacial score (nSPS) is 10.2. The van der Waals surface area contributed by atoms with E-state index in [4.69, 9.17) is 5.11 Å². The van der Waals surface area contributed by atoms with Crippen LogP contribution < -0.4 is 0 Å². The Balaban J connectivity index is 3.25. The summed E-state index contributed by atoms with van der Waals surface area (Å²) < 4.78 is 13.5. The summed E-state index contributed by atoms with van der Waals surface area (Å²) in [7, 11) is 0. The average molecular weight is 219 g/mol. The van der Waals surface area contributed by atoms with Crippen LogP contribution in [0, 0.1) is 12.7 Å². The third-order valence-electron chi connectivity index (χ3n) is 1.53. The minimum Gasteiger partial charge on any atom is -0.392 e. The first-order valence-corrected chi connectivity index (χ1v) is 4.00. The van der Waals surface area contributed by atoms with Crippen molar-refractivity contribution in [3.05, 3.63) is 33.5 Å². The van der Waals surface area contributed by atoms with Crippen molar-refractivity contribution in [3.8, 4) is 0 Å². The lowest BCUT2D eigenvalue weighted by Gasteiger charge is -2.03. The lowest BCUT2D eigenvalue weighted by Crippen LogP contribution is -1.92. The number of aryl methyl sites for hydroxylation is 1. The second kappa shape index (κ2) is 3.32. The van der Waals surface area contributed by atoms with Gasteiger partial charge in [-0.1, -0.05) is 12.1 Å². The Bertz CT molecular complexity index is 273. The Morgan fingerprint density at radius 1 is 1.55 bits per heavy atom. The molecule has 0 aromatic heterocycles. The molecular weight excluding hydrogens is 211 g/mol. The molecule has 0 saturated carbocycles. The molecule has 0 unspecified atom stereocenters. The lowest BCUT2D eigenvalue weighted by molar-refractivity contribution is 0.275. The van der Waals surface area contributed by atoms with Crippen LogP contribution >= 0.6 is 15.9 Å². The Kier molecular flexibility index (Phi) is 2.62. The molecule has 1 aromatic rings. The molecule has 11 heavy (non-hydrogen) atoms. The first-order chi connectivity index (χ1) is 5.16. The van der Waals surface area contributed by atoms with Gasteiger partial charge in [-0.2, -0.15) is 0 Å². The van der Waals surface area contributed by atoms with Crippen molar-refractivity contribution in [2.75, 3.05) is 0 Å². The van der Waals surface area contributed by atoms with Gasteiger partial charge < -0.3 is 5.11 Å². The minimum absolute atomic E-state index is 0.259. The maximum atomic E-state index is 13.1. The van der Waals surface area contributed by atoms with Gasteiger partial charge in [0.2, 0.25) is 0 Å². The van der Waals surface area contributed by atoms with Gasteiger partial charge in [-0.25, -0.2) is 4.39 Å². The first kappa shape index (κ1) is 8.68. The summed E-state index contributed by atoms with van der Waals surface area (Å²) in [4.78, 5) is 0.